The Labute approximate surface area is 116 Å². The summed E-state index contributed by atoms with van der Waals surface area (Å²) in [6.45, 7) is 4.83. The summed E-state index contributed by atoms with van der Waals surface area (Å²) in [5, 5.41) is 13.4. The first kappa shape index (κ1) is 13.9. The maximum absolute atomic E-state index is 11.2. The van der Waals surface area contributed by atoms with E-state index in [1.807, 2.05) is 24.6 Å². The number of carboxylic acid groups (broad SMARTS) is 1. The number of nitrogens with zero attached hydrogens (tertiary/aromatic N) is 2. The average molecular weight is 275 g/mol. The van der Waals surface area contributed by atoms with Crippen molar-refractivity contribution >= 4 is 11.7 Å². The number of rotatable bonds is 5. The van der Waals surface area contributed by atoms with Crippen molar-refractivity contribution in [2.45, 2.75) is 27.0 Å². The topological polar surface area (TPSA) is 90.4 Å². The molecule has 0 aliphatic rings. The third kappa shape index (κ3) is 2.74. The molecule has 3 N–H and O–H groups in total. The summed E-state index contributed by atoms with van der Waals surface area (Å²) in [5.74, 6) is -0.867. The third-order valence-corrected chi connectivity index (χ3v) is 2.93. The van der Waals surface area contributed by atoms with Crippen LogP contribution in [0, 0.1) is 6.92 Å². The number of benzene rings is 1. The molecule has 1 aromatic carbocycles. The number of aromatic carboxylic acids is 1. The standard InChI is InChI=1S/C14H17N3O3/c1-3-17-10(7-9(2)16-17)8-20-13-11(14(18)19)5-4-6-12(13)15/h4-7H,3,8,15H2,1-2H3,(H,18,19). The smallest absolute Gasteiger partial charge is 0.339 e. The average Bonchev–Trinajstić information content (AvgIpc) is 2.77. The fraction of sp³-hybridized carbons (Fsp3) is 0.286. The summed E-state index contributed by atoms with van der Waals surface area (Å²) in [4.78, 5) is 11.2. The van der Waals surface area contributed by atoms with Crippen LogP contribution < -0.4 is 10.5 Å². The van der Waals surface area contributed by atoms with Crippen LogP contribution in [0.1, 0.15) is 28.7 Å². The Hall–Kier alpha value is -2.50. The molecular formula is C14H17N3O3. The molecule has 0 spiro atoms. The Morgan fingerprint density at radius 1 is 1.50 bits per heavy atom. The highest BCUT2D eigenvalue weighted by Crippen LogP contribution is 2.27. The highest BCUT2D eigenvalue weighted by Gasteiger charge is 2.15. The Morgan fingerprint density at radius 2 is 2.25 bits per heavy atom. The van der Waals surface area contributed by atoms with Crippen LogP contribution in [0.25, 0.3) is 0 Å². The van der Waals surface area contributed by atoms with E-state index < -0.39 is 5.97 Å². The van der Waals surface area contributed by atoms with Gasteiger partial charge in [0.05, 0.1) is 17.1 Å². The molecule has 0 aliphatic heterocycles. The number of anilines is 1. The van der Waals surface area contributed by atoms with Gasteiger partial charge in [0.2, 0.25) is 0 Å². The van der Waals surface area contributed by atoms with Gasteiger partial charge in [0.25, 0.3) is 0 Å². The van der Waals surface area contributed by atoms with E-state index in [4.69, 9.17) is 15.6 Å². The number of nitrogen functional groups attached to an aromatic ring is 1. The van der Waals surface area contributed by atoms with E-state index in [0.29, 0.717) is 5.69 Å². The first-order valence-electron chi connectivity index (χ1n) is 6.30. The Bertz CT molecular complexity index is 635. The number of aryl methyl sites for hydroxylation is 2. The van der Waals surface area contributed by atoms with Gasteiger partial charge in [-0.05, 0) is 32.0 Å². The van der Waals surface area contributed by atoms with Crippen molar-refractivity contribution in [1.29, 1.82) is 0 Å². The summed E-state index contributed by atoms with van der Waals surface area (Å²) in [6, 6.07) is 6.58. The van der Waals surface area contributed by atoms with Crippen LogP contribution in [0.4, 0.5) is 5.69 Å². The van der Waals surface area contributed by atoms with Gasteiger partial charge >= 0.3 is 5.97 Å². The van der Waals surface area contributed by atoms with Gasteiger partial charge in [-0.1, -0.05) is 6.07 Å². The lowest BCUT2D eigenvalue weighted by Crippen LogP contribution is -2.09. The van der Waals surface area contributed by atoms with Gasteiger partial charge in [0, 0.05) is 6.54 Å². The van der Waals surface area contributed by atoms with Crippen LogP contribution in [-0.2, 0) is 13.2 Å². The highest BCUT2D eigenvalue weighted by atomic mass is 16.5. The molecule has 6 nitrogen and oxygen atoms in total. The number of hydrogen-bond donors (Lipinski definition) is 2. The monoisotopic (exact) mass is 275 g/mol. The minimum Gasteiger partial charge on any atom is -0.484 e. The molecule has 0 atom stereocenters. The molecule has 0 bridgehead atoms. The van der Waals surface area contributed by atoms with Crippen molar-refractivity contribution in [1.82, 2.24) is 9.78 Å². The molecule has 0 amide bonds. The highest BCUT2D eigenvalue weighted by molar-refractivity contribution is 5.93. The van der Waals surface area contributed by atoms with Crippen molar-refractivity contribution in [3.63, 3.8) is 0 Å². The minimum atomic E-state index is -1.06. The molecule has 0 radical (unpaired) electrons. The van der Waals surface area contributed by atoms with E-state index in [1.165, 1.54) is 6.07 Å². The van der Waals surface area contributed by atoms with Crippen LogP contribution in [0.5, 0.6) is 5.75 Å². The fourth-order valence-corrected chi connectivity index (χ4v) is 2.02. The molecule has 0 aliphatic carbocycles. The predicted molar refractivity (Wildman–Crippen MR) is 74.8 cm³/mol. The quantitative estimate of drug-likeness (QED) is 0.815. The van der Waals surface area contributed by atoms with E-state index in [0.717, 1.165) is 17.9 Å². The van der Waals surface area contributed by atoms with Gasteiger partial charge < -0.3 is 15.6 Å². The SMILES string of the molecule is CCn1nc(C)cc1COc1c(N)cccc1C(=O)O. The molecule has 0 fully saturated rings. The third-order valence-electron chi connectivity index (χ3n) is 2.93. The summed E-state index contributed by atoms with van der Waals surface area (Å²) in [5.41, 5.74) is 7.93. The number of hydrogen-bond acceptors (Lipinski definition) is 4. The Morgan fingerprint density at radius 3 is 2.90 bits per heavy atom. The zero-order chi connectivity index (χ0) is 14.7. The minimum absolute atomic E-state index is 0.0595. The van der Waals surface area contributed by atoms with Gasteiger partial charge in [0.1, 0.15) is 12.2 Å². The fourth-order valence-electron chi connectivity index (χ4n) is 2.02. The van der Waals surface area contributed by atoms with Gasteiger partial charge in [-0.15, -0.1) is 0 Å². The van der Waals surface area contributed by atoms with Crippen LogP contribution in [0.3, 0.4) is 0 Å². The maximum atomic E-state index is 11.2. The van der Waals surface area contributed by atoms with Crippen molar-refractivity contribution < 1.29 is 14.6 Å². The summed E-state index contributed by atoms with van der Waals surface area (Å²) in [7, 11) is 0. The molecule has 0 saturated carbocycles. The van der Waals surface area contributed by atoms with E-state index >= 15 is 0 Å². The van der Waals surface area contributed by atoms with Crippen molar-refractivity contribution in [3.05, 3.63) is 41.2 Å². The van der Waals surface area contributed by atoms with Gasteiger partial charge in [-0.25, -0.2) is 4.79 Å². The number of carbonyl (C=O) groups is 1. The number of nitrogens with two attached hydrogens (primary N) is 1. The van der Waals surface area contributed by atoms with Gasteiger partial charge in [0.15, 0.2) is 5.75 Å². The second-order valence-electron chi connectivity index (χ2n) is 4.41. The predicted octanol–water partition coefficient (Wildman–Crippen LogP) is 2.07. The lowest BCUT2D eigenvalue weighted by Gasteiger charge is -2.12. The molecule has 1 heterocycles. The zero-order valence-corrected chi connectivity index (χ0v) is 11.5. The molecule has 2 rings (SSSR count). The molecule has 20 heavy (non-hydrogen) atoms. The first-order chi connectivity index (χ1) is 9.52. The number of carboxylic acids is 1. The van der Waals surface area contributed by atoms with Gasteiger partial charge in [-0.2, -0.15) is 5.10 Å². The molecule has 0 unspecified atom stereocenters. The molecule has 6 heteroatoms. The first-order valence-corrected chi connectivity index (χ1v) is 6.30. The lowest BCUT2D eigenvalue weighted by molar-refractivity contribution is 0.0691. The van der Waals surface area contributed by atoms with Gasteiger partial charge in [-0.3, -0.25) is 4.68 Å². The lowest BCUT2D eigenvalue weighted by atomic mass is 10.2. The summed E-state index contributed by atoms with van der Waals surface area (Å²) in [6.07, 6.45) is 0. The maximum Gasteiger partial charge on any atom is 0.339 e. The van der Waals surface area contributed by atoms with E-state index in [-0.39, 0.29) is 17.9 Å². The van der Waals surface area contributed by atoms with E-state index in [9.17, 15) is 4.79 Å². The van der Waals surface area contributed by atoms with Crippen LogP contribution >= 0.6 is 0 Å². The summed E-state index contributed by atoms with van der Waals surface area (Å²) < 4.78 is 7.42. The van der Waals surface area contributed by atoms with Crippen LogP contribution in [0.2, 0.25) is 0 Å². The van der Waals surface area contributed by atoms with E-state index in [2.05, 4.69) is 5.10 Å². The van der Waals surface area contributed by atoms with Crippen molar-refractivity contribution in [2.24, 2.45) is 0 Å². The Kier molecular flexibility index (Phi) is 3.93. The second kappa shape index (κ2) is 5.64. The molecule has 1 aromatic heterocycles. The largest absolute Gasteiger partial charge is 0.484 e. The Balaban J connectivity index is 2.24. The molecule has 2 aromatic rings. The molecule has 106 valence electrons. The molecule has 0 saturated heterocycles. The molecular weight excluding hydrogens is 258 g/mol. The summed E-state index contributed by atoms with van der Waals surface area (Å²) >= 11 is 0. The normalized spacial score (nSPS) is 10.5. The number of aromatic nitrogens is 2. The number of ether oxygens (including phenoxy) is 1. The van der Waals surface area contributed by atoms with Crippen molar-refractivity contribution in [3.8, 4) is 5.75 Å². The van der Waals surface area contributed by atoms with Crippen molar-refractivity contribution in [2.75, 3.05) is 5.73 Å². The zero-order valence-electron chi connectivity index (χ0n) is 11.5. The van der Waals surface area contributed by atoms with Crippen LogP contribution in [0.15, 0.2) is 24.3 Å². The van der Waals surface area contributed by atoms with Crippen LogP contribution in [-0.4, -0.2) is 20.9 Å². The second-order valence-corrected chi connectivity index (χ2v) is 4.41. The number of para-hydroxylation sites is 1. The van der Waals surface area contributed by atoms with E-state index in [1.54, 1.807) is 12.1 Å².